The average molecular weight is 248 g/mol. The SMILES string of the molecule is COCCc1ccccc1NC1CCC(N)CC1. The van der Waals surface area contributed by atoms with Crippen molar-refractivity contribution >= 4 is 5.69 Å². The van der Waals surface area contributed by atoms with Crippen molar-refractivity contribution in [1.82, 2.24) is 0 Å². The molecule has 1 saturated carbocycles. The predicted molar refractivity (Wildman–Crippen MR) is 75.9 cm³/mol. The molecule has 18 heavy (non-hydrogen) atoms. The zero-order valence-electron chi connectivity index (χ0n) is 11.2. The number of benzene rings is 1. The van der Waals surface area contributed by atoms with E-state index in [2.05, 4.69) is 29.6 Å². The second-order valence-electron chi connectivity index (χ2n) is 5.16. The van der Waals surface area contributed by atoms with Crippen LogP contribution in [0.3, 0.4) is 0 Å². The van der Waals surface area contributed by atoms with Gasteiger partial charge in [-0.15, -0.1) is 0 Å². The summed E-state index contributed by atoms with van der Waals surface area (Å²) in [6, 6.07) is 9.51. The van der Waals surface area contributed by atoms with E-state index in [4.69, 9.17) is 10.5 Å². The maximum absolute atomic E-state index is 5.94. The summed E-state index contributed by atoms with van der Waals surface area (Å²) in [4.78, 5) is 0. The van der Waals surface area contributed by atoms with Gasteiger partial charge in [-0.2, -0.15) is 0 Å². The van der Waals surface area contributed by atoms with Crippen molar-refractivity contribution in [3.05, 3.63) is 29.8 Å². The quantitative estimate of drug-likeness (QED) is 0.842. The minimum absolute atomic E-state index is 0.409. The number of nitrogens with one attached hydrogen (secondary N) is 1. The summed E-state index contributed by atoms with van der Waals surface area (Å²) in [5.74, 6) is 0. The van der Waals surface area contributed by atoms with E-state index in [-0.39, 0.29) is 0 Å². The van der Waals surface area contributed by atoms with E-state index in [0.29, 0.717) is 12.1 Å². The summed E-state index contributed by atoms with van der Waals surface area (Å²) in [5.41, 5.74) is 8.54. The number of rotatable bonds is 5. The Hall–Kier alpha value is -1.06. The third-order valence-corrected chi connectivity index (χ3v) is 3.72. The second-order valence-corrected chi connectivity index (χ2v) is 5.16. The predicted octanol–water partition coefficient (Wildman–Crippen LogP) is 2.56. The summed E-state index contributed by atoms with van der Waals surface area (Å²) < 4.78 is 5.16. The lowest BCUT2D eigenvalue weighted by Gasteiger charge is -2.28. The maximum atomic E-state index is 5.94. The topological polar surface area (TPSA) is 47.3 Å². The van der Waals surface area contributed by atoms with Crippen LogP contribution in [0.5, 0.6) is 0 Å². The van der Waals surface area contributed by atoms with Gasteiger partial charge in [0.05, 0.1) is 6.61 Å². The number of para-hydroxylation sites is 1. The highest BCUT2D eigenvalue weighted by molar-refractivity contribution is 5.52. The Morgan fingerprint density at radius 1 is 1.22 bits per heavy atom. The van der Waals surface area contributed by atoms with Crippen LogP contribution >= 0.6 is 0 Å². The number of anilines is 1. The van der Waals surface area contributed by atoms with E-state index in [9.17, 15) is 0 Å². The van der Waals surface area contributed by atoms with E-state index in [1.54, 1.807) is 7.11 Å². The van der Waals surface area contributed by atoms with Gasteiger partial charge in [0.25, 0.3) is 0 Å². The van der Waals surface area contributed by atoms with Crippen molar-refractivity contribution in [2.45, 2.75) is 44.2 Å². The molecule has 0 spiro atoms. The van der Waals surface area contributed by atoms with E-state index < -0.39 is 0 Å². The Labute approximate surface area is 110 Å². The molecule has 1 aromatic rings. The molecule has 0 unspecified atom stereocenters. The summed E-state index contributed by atoms with van der Waals surface area (Å²) >= 11 is 0. The Bertz CT molecular complexity index is 359. The Morgan fingerprint density at radius 2 is 1.94 bits per heavy atom. The summed E-state index contributed by atoms with van der Waals surface area (Å²) in [6.07, 6.45) is 5.60. The third-order valence-electron chi connectivity index (χ3n) is 3.72. The molecule has 1 aliphatic rings. The average Bonchev–Trinajstić information content (AvgIpc) is 2.40. The van der Waals surface area contributed by atoms with Crippen LogP contribution in [0.15, 0.2) is 24.3 Å². The summed E-state index contributed by atoms with van der Waals surface area (Å²) in [6.45, 7) is 0.772. The molecule has 1 aromatic carbocycles. The molecular weight excluding hydrogens is 224 g/mol. The van der Waals surface area contributed by atoms with Crippen LogP contribution in [0.2, 0.25) is 0 Å². The first kappa shape index (κ1) is 13.4. The molecule has 0 heterocycles. The minimum Gasteiger partial charge on any atom is -0.384 e. The molecule has 100 valence electrons. The van der Waals surface area contributed by atoms with Crippen LogP contribution in [-0.4, -0.2) is 25.8 Å². The molecule has 0 amide bonds. The molecule has 0 aliphatic heterocycles. The molecule has 0 radical (unpaired) electrons. The van der Waals surface area contributed by atoms with Crippen molar-refractivity contribution < 1.29 is 4.74 Å². The lowest BCUT2D eigenvalue weighted by molar-refractivity contribution is 0.202. The normalized spacial score (nSPS) is 23.9. The van der Waals surface area contributed by atoms with Crippen molar-refractivity contribution in [2.75, 3.05) is 19.0 Å². The van der Waals surface area contributed by atoms with Gasteiger partial charge >= 0.3 is 0 Å². The zero-order chi connectivity index (χ0) is 12.8. The van der Waals surface area contributed by atoms with Crippen LogP contribution in [-0.2, 0) is 11.2 Å². The van der Waals surface area contributed by atoms with Gasteiger partial charge < -0.3 is 15.8 Å². The minimum atomic E-state index is 0.409. The fraction of sp³-hybridized carbons (Fsp3) is 0.600. The Morgan fingerprint density at radius 3 is 2.67 bits per heavy atom. The fourth-order valence-corrected chi connectivity index (χ4v) is 2.57. The molecule has 0 aromatic heterocycles. The summed E-state index contributed by atoms with van der Waals surface area (Å²) in [5, 5.41) is 3.67. The third kappa shape index (κ3) is 3.72. The van der Waals surface area contributed by atoms with E-state index in [0.717, 1.165) is 25.9 Å². The number of ether oxygens (including phenoxy) is 1. The van der Waals surface area contributed by atoms with Crippen LogP contribution in [0.25, 0.3) is 0 Å². The molecule has 2 rings (SSSR count). The Balaban J connectivity index is 1.95. The largest absolute Gasteiger partial charge is 0.384 e. The molecule has 1 aliphatic carbocycles. The van der Waals surface area contributed by atoms with Gasteiger partial charge in [0.15, 0.2) is 0 Å². The molecule has 3 heteroatoms. The standard InChI is InChI=1S/C15H24N2O/c1-18-11-10-12-4-2-3-5-15(12)17-14-8-6-13(16)7-9-14/h2-5,13-14,17H,6-11,16H2,1H3. The molecule has 1 fully saturated rings. The van der Waals surface area contributed by atoms with Gasteiger partial charge in [0, 0.05) is 24.9 Å². The molecular formula is C15H24N2O. The Kier molecular flexibility index (Phi) is 5.02. The van der Waals surface area contributed by atoms with Gasteiger partial charge in [-0.1, -0.05) is 18.2 Å². The number of nitrogens with two attached hydrogens (primary N) is 1. The highest BCUT2D eigenvalue weighted by Crippen LogP contribution is 2.23. The number of methoxy groups -OCH3 is 1. The van der Waals surface area contributed by atoms with Gasteiger partial charge in [0.2, 0.25) is 0 Å². The maximum Gasteiger partial charge on any atom is 0.0503 e. The smallest absolute Gasteiger partial charge is 0.0503 e. The van der Waals surface area contributed by atoms with Crippen molar-refractivity contribution in [1.29, 1.82) is 0 Å². The molecule has 3 N–H and O–H groups in total. The first-order chi connectivity index (χ1) is 8.79. The van der Waals surface area contributed by atoms with Crippen molar-refractivity contribution in [3.8, 4) is 0 Å². The number of hydrogen-bond acceptors (Lipinski definition) is 3. The van der Waals surface area contributed by atoms with Gasteiger partial charge in [-0.3, -0.25) is 0 Å². The van der Waals surface area contributed by atoms with Crippen LogP contribution in [0, 0.1) is 0 Å². The van der Waals surface area contributed by atoms with E-state index in [1.807, 2.05) is 0 Å². The molecule has 0 bridgehead atoms. The van der Waals surface area contributed by atoms with Gasteiger partial charge in [0.1, 0.15) is 0 Å². The zero-order valence-corrected chi connectivity index (χ0v) is 11.2. The first-order valence-corrected chi connectivity index (χ1v) is 6.88. The molecule has 3 nitrogen and oxygen atoms in total. The summed E-state index contributed by atoms with van der Waals surface area (Å²) in [7, 11) is 1.75. The van der Waals surface area contributed by atoms with Gasteiger partial charge in [-0.25, -0.2) is 0 Å². The molecule has 0 atom stereocenters. The van der Waals surface area contributed by atoms with Gasteiger partial charge in [-0.05, 0) is 43.7 Å². The fourth-order valence-electron chi connectivity index (χ4n) is 2.57. The molecule has 0 saturated heterocycles. The van der Waals surface area contributed by atoms with Crippen LogP contribution < -0.4 is 11.1 Å². The number of hydrogen-bond donors (Lipinski definition) is 2. The van der Waals surface area contributed by atoms with Crippen molar-refractivity contribution in [3.63, 3.8) is 0 Å². The van der Waals surface area contributed by atoms with E-state index in [1.165, 1.54) is 24.1 Å². The van der Waals surface area contributed by atoms with Crippen LogP contribution in [0.4, 0.5) is 5.69 Å². The highest BCUT2D eigenvalue weighted by atomic mass is 16.5. The van der Waals surface area contributed by atoms with Crippen molar-refractivity contribution in [2.24, 2.45) is 5.73 Å². The monoisotopic (exact) mass is 248 g/mol. The lowest BCUT2D eigenvalue weighted by atomic mass is 9.91. The second kappa shape index (κ2) is 6.76. The lowest BCUT2D eigenvalue weighted by Crippen LogP contribution is -2.33. The highest BCUT2D eigenvalue weighted by Gasteiger charge is 2.18. The van der Waals surface area contributed by atoms with E-state index >= 15 is 0 Å². The van der Waals surface area contributed by atoms with Crippen LogP contribution in [0.1, 0.15) is 31.2 Å². The first-order valence-electron chi connectivity index (χ1n) is 6.88.